The van der Waals surface area contributed by atoms with Crippen molar-refractivity contribution in [3.8, 4) is 0 Å². The number of halogens is 1. The molecule has 1 amide bonds. The average molecular weight is 305 g/mol. The molecule has 74 valence electrons. The van der Waals surface area contributed by atoms with Crippen molar-refractivity contribution >= 4 is 34.5 Å². The fourth-order valence-corrected chi connectivity index (χ4v) is 1.68. The van der Waals surface area contributed by atoms with Crippen molar-refractivity contribution in [3.05, 3.63) is 32.9 Å². The molecule has 0 aliphatic rings. The summed E-state index contributed by atoms with van der Waals surface area (Å²) in [7, 11) is 1.31. The van der Waals surface area contributed by atoms with Gasteiger partial charge in [0.1, 0.15) is 0 Å². The zero-order valence-electron chi connectivity index (χ0n) is 7.41. The molecule has 2 N–H and O–H groups in total. The van der Waals surface area contributed by atoms with E-state index in [0.717, 1.165) is 0 Å². The molecule has 1 aromatic carbocycles. The number of hydrogen-bond acceptors (Lipinski definition) is 3. The predicted octanol–water partition coefficient (Wildman–Crippen LogP) is 1.18. The van der Waals surface area contributed by atoms with Gasteiger partial charge in [-0.15, -0.1) is 0 Å². The van der Waals surface area contributed by atoms with E-state index in [2.05, 4.69) is 4.74 Å². The molecule has 0 aliphatic carbocycles. The van der Waals surface area contributed by atoms with E-state index >= 15 is 0 Å². The summed E-state index contributed by atoms with van der Waals surface area (Å²) in [6.45, 7) is 0. The Kier molecular flexibility index (Phi) is 3.45. The number of nitrogens with two attached hydrogens (primary N) is 1. The van der Waals surface area contributed by atoms with Gasteiger partial charge < -0.3 is 10.5 Å². The van der Waals surface area contributed by atoms with E-state index in [9.17, 15) is 9.59 Å². The van der Waals surface area contributed by atoms with Gasteiger partial charge in [0.05, 0.1) is 12.7 Å². The predicted molar refractivity (Wildman–Crippen MR) is 59.0 cm³/mol. The summed E-state index contributed by atoms with van der Waals surface area (Å²) in [6, 6.07) is 4.57. The Morgan fingerprint density at radius 1 is 1.43 bits per heavy atom. The first-order chi connectivity index (χ1) is 6.56. The standard InChI is InChI=1S/C9H8INO3/c1-14-9(13)6-3-2-5(8(11)12)4-7(6)10/h2-4H,1H3,(H2,11,12). The van der Waals surface area contributed by atoms with Crippen LogP contribution in [0.15, 0.2) is 18.2 Å². The molecule has 0 atom stereocenters. The number of primary amides is 1. The molecule has 0 radical (unpaired) electrons. The third kappa shape index (κ3) is 2.22. The van der Waals surface area contributed by atoms with Crippen molar-refractivity contribution in [2.75, 3.05) is 7.11 Å². The number of carbonyl (C=O) groups is 2. The van der Waals surface area contributed by atoms with Crippen LogP contribution in [0, 0.1) is 3.57 Å². The molecule has 0 saturated heterocycles. The molecule has 0 aromatic heterocycles. The van der Waals surface area contributed by atoms with Crippen LogP contribution < -0.4 is 5.73 Å². The molecule has 1 rings (SSSR count). The minimum Gasteiger partial charge on any atom is -0.465 e. The van der Waals surface area contributed by atoms with Gasteiger partial charge in [-0.05, 0) is 40.8 Å². The molecule has 0 fully saturated rings. The lowest BCUT2D eigenvalue weighted by Gasteiger charge is -2.03. The molecular formula is C9H8INO3. The van der Waals surface area contributed by atoms with Crippen molar-refractivity contribution in [2.24, 2.45) is 5.73 Å². The van der Waals surface area contributed by atoms with E-state index in [1.165, 1.54) is 19.2 Å². The fourth-order valence-electron chi connectivity index (χ4n) is 0.944. The Hall–Kier alpha value is -1.11. The molecule has 0 bridgehead atoms. The van der Waals surface area contributed by atoms with E-state index in [1.54, 1.807) is 6.07 Å². The number of esters is 1. The summed E-state index contributed by atoms with van der Waals surface area (Å²) in [6.07, 6.45) is 0. The molecule has 4 nitrogen and oxygen atoms in total. The third-order valence-electron chi connectivity index (χ3n) is 1.66. The smallest absolute Gasteiger partial charge is 0.338 e. The highest BCUT2D eigenvalue weighted by atomic mass is 127. The van der Waals surface area contributed by atoms with Gasteiger partial charge in [-0.25, -0.2) is 4.79 Å². The van der Waals surface area contributed by atoms with Gasteiger partial charge in [0.25, 0.3) is 0 Å². The van der Waals surface area contributed by atoms with E-state index < -0.39 is 11.9 Å². The fraction of sp³-hybridized carbons (Fsp3) is 0.111. The number of benzene rings is 1. The summed E-state index contributed by atoms with van der Waals surface area (Å²) >= 11 is 1.95. The maximum absolute atomic E-state index is 11.2. The Balaban J connectivity index is 3.14. The molecular weight excluding hydrogens is 297 g/mol. The second-order valence-electron chi connectivity index (χ2n) is 2.55. The van der Waals surface area contributed by atoms with E-state index in [4.69, 9.17) is 5.73 Å². The van der Waals surface area contributed by atoms with Gasteiger partial charge in [0.15, 0.2) is 0 Å². The summed E-state index contributed by atoms with van der Waals surface area (Å²) in [5.41, 5.74) is 5.89. The first-order valence-electron chi connectivity index (χ1n) is 3.74. The van der Waals surface area contributed by atoms with E-state index in [1.807, 2.05) is 22.6 Å². The first kappa shape index (κ1) is 11.0. The van der Waals surface area contributed by atoms with Gasteiger partial charge >= 0.3 is 5.97 Å². The van der Waals surface area contributed by atoms with E-state index in [-0.39, 0.29) is 0 Å². The SMILES string of the molecule is COC(=O)c1ccc(C(N)=O)cc1I. The summed E-state index contributed by atoms with van der Waals surface area (Å²) in [5.74, 6) is -0.940. The van der Waals surface area contributed by atoms with Gasteiger partial charge in [-0.3, -0.25) is 4.79 Å². The highest BCUT2D eigenvalue weighted by Crippen LogP contribution is 2.15. The number of ether oxygens (including phenoxy) is 1. The van der Waals surface area contributed by atoms with E-state index in [0.29, 0.717) is 14.7 Å². The van der Waals surface area contributed by atoms with Gasteiger partial charge in [0.2, 0.25) is 5.91 Å². The minimum atomic E-state index is -0.515. The van der Waals surface area contributed by atoms with Crippen molar-refractivity contribution in [1.29, 1.82) is 0 Å². The van der Waals surface area contributed by atoms with Gasteiger partial charge in [0, 0.05) is 9.13 Å². The van der Waals surface area contributed by atoms with Crippen LogP contribution in [0.25, 0.3) is 0 Å². The Bertz CT molecular complexity index is 390. The monoisotopic (exact) mass is 305 g/mol. The van der Waals surface area contributed by atoms with Crippen molar-refractivity contribution in [3.63, 3.8) is 0 Å². The van der Waals surface area contributed by atoms with Crippen LogP contribution in [0.3, 0.4) is 0 Å². The third-order valence-corrected chi connectivity index (χ3v) is 2.55. The maximum Gasteiger partial charge on any atom is 0.338 e. The Morgan fingerprint density at radius 3 is 2.50 bits per heavy atom. The minimum absolute atomic E-state index is 0.377. The second kappa shape index (κ2) is 4.41. The molecule has 0 aliphatic heterocycles. The van der Waals surface area contributed by atoms with Crippen LogP contribution in [-0.4, -0.2) is 19.0 Å². The number of methoxy groups -OCH3 is 1. The van der Waals surface area contributed by atoms with Crippen LogP contribution in [0.4, 0.5) is 0 Å². The second-order valence-corrected chi connectivity index (χ2v) is 3.71. The number of hydrogen-bond donors (Lipinski definition) is 1. The number of rotatable bonds is 2. The lowest BCUT2D eigenvalue weighted by molar-refractivity contribution is 0.0599. The van der Waals surface area contributed by atoms with Crippen molar-refractivity contribution in [1.82, 2.24) is 0 Å². The molecule has 14 heavy (non-hydrogen) atoms. The van der Waals surface area contributed by atoms with Crippen LogP contribution in [0.2, 0.25) is 0 Å². The van der Waals surface area contributed by atoms with Crippen molar-refractivity contribution in [2.45, 2.75) is 0 Å². The Morgan fingerprint density at radius 2 is 2.07 bits per heavy atom. The zero-order chi connectivity index (χ0) is 10.7. The molecule has 0 unspecified atom stereocenters. The van der Waals surface area contributed by atoms with Crippen LogP contribution in [0.5, 0.6) is 0 Å². The number of carbonyl (C=O) groups excluding carboxylic acids is 2. The Labute approximate surface area is 94.6 Å². The topological polar surface area (TPSA) is 69.4 Å². The molecule has 0 spiro atoms. The highest BCUT2D eigenvalue weighted by Gasteiger charge is 2.11. The van der Waals surface area contributed by atoms with Crippen molar-refractivity contribution < 1.29 is 14.3 Å². The van der Waals surface area contributed by atoms with Crippen LogP contribution >= 0.6 is 22.6 Å². The lowest BCUT2D eigenvalue weighted by Crippen LogP contribution is -2.12. The summed E-state index contributed by atoms with van der Waals surface area (Å²) in [4.78, 5) is 22.0. The molecule has 0 saturated carbocycles. The molecule has 1 aromatic rings. The average Bonchev–Trinajstić information content (AvgIpc) is 2.16. The van der Waals surface area contributed by atoms with Crippen LogP contribution in [-0.2, 0) is 4.74 Å². The summed E-state index contributed by atoms with van der Waals surface area (Å²) < 4.78 is 5.20. The zero-order valence-corrected chi connectivity index (χ0v) is 9.57. The lowest BCUT2D eigenvalue weighted by atomic mass is 10.1. The highest BCUT2D eigenvalue weighted by molar-refractivity contribution is 14.1. The number of amides is 1. The largest absolute Gasteiger partial charge is 0.465 e. The quantitative estimate of drug-likeness (QED) is 0.659. The molecule has 5 heteroatoms. The first-order valence-corrected chi connectivity index (χ1v) is 4.82. The van der Waals surface area contributed by atoms with Gasteiger partial charge in [-0.1, -0.05) is 0 Å². The molecule has 0 heterocycles. The summed E-state index contributed by atoms with van der Waals surface area (Å²) in [5, 5.41) is 0. The van der Waals surface area contributed by atoms with Crippen LogP contribution in [0.1, 0.15) is 20.7 Å². The maximum atomic E-state index is 11.2. The van der Waals surface area contributed by atoms with Gasteiger partial charge in [-0.2, -0.15) is 0 Å². The normalized spacial score (nSPS) is 9.57.